The van der Waals surface area contributed by atoms with E-state index in [-0.39, 0.29) is 28.6 Å². The molecule has 0 N–H and O–H groups in total. The van der Waals surface area contributed by atoms with E-state index in [9.17, 15) is 0 Å². The van der Waals surface area contributed by atoms with Gasteiger partial charge in [0.25, 0.3) is 0 Å². The van der Waals surface area contributed by atoms with Crippen molar-refractivity contribution in [3.8, 4) is 22.3 Å². The molecule has 12 rings (SSSR count). The maximum atomic E-state index is 2.94. The van der Waals surface area contributed by atoms with Crippen molar-refractivity contribution in [1.82, 2.24) is 0 Å². The first-order chi connectivity index (χ1) is 30.2. The third kappa shape index (κ3) is 5.25. The van der Waals surface area contributed by atoms with Crippen molar-refractivity contribution in [2.45, 2.75) is 149 Å². The molecule has 7 aromatic rings. The highest BCUT2D eigenvalue weighted by atomic mass is 32.1. The van der Waals surface area contributed by atoms with Gasteiger partial charge in [0.2, 0.25) is 0 Å². The Morgan fingerprint density at radius 1 is 0.635 bits per heavy atom. The quantitative estimate of drug-likeness (QED) is 0.159. The number of hydrogen-bond acceptors (Lipinski definition) is 3. The van der Waals surface area contributed by atoms with E-state index >= 15 is 0 Å². The normalized spacial score (nSPS) is 22.2. The molecule has 4 heterocycles. The fourth-order valence-electron chi connectivity index (χ4n) is 13.8. The summed E-state index contributed by atoms with van der Waals surface area (Å²) in [5.41, 5.74) is 24.7. The first kappa shape index (κ1) is 39.8. The molecule has 0 spiro atoms. The topological polar surface area (TPSA) is 6.48 Å². The molecular weight excluding hydrogens is 780 g/mol. The third-order valence-corrected chi connectivity index (χ3v) is 18.8. The van der Waals surface area contributed by atoms with Crippen molar-refractivity contribution in [2.24, 2.45) is 0 Å². The van der Waals surface area contributed by atoms with Crippen LogP contribution in [0.1, 0.15) is 139 Å². The molecule has 2 atom stereocenters. The molecule has 1 saturated carbocycles. The number of rotatable bonds is 5. The van der Waals surface area contributed by atoms with Gasteiger partial charge in [-0.25, -0.2) is 0 Å². The molecule has 5 aliphatic rings. The van der Waals surface area contributed by atoms with Crippen LogP contribution in [-0.2, 0) is 22.7 Å². The highest BCUT2D eigenvalue weighted by Gasteiger charge is 2.62. The van der Waals surface area contributed by atoms with E-state index in [2.05, 4.69) is 170 Å². The van der Waals surface area contributed by atoms with Gasteiger partial charge in [-0.1, -0.05) is 115 Å². The summed E-state index contributed by atoms with van der Waals surface area (Å²) < 4.78 is 2.85. The van der Waals surface area contributed by atoms with E-state index in [0.29, 0.717) is 0 Å². The maximum absolute atomic E-state index is 2.94. The first-order valence-corrected chi connectivity index (χ1v) is 25.1. The number of para-hydroxylation sites is 1. The monoisotopic (exact) mass is 842 g/mol. The molecule has 0 saturated heterocycles. The molecule has 6 aromatic carbocycles. The predicted octanol–water partition coefficient (Wildman–Crippen LogP) is 15.3. The van der Waals surface area contributed by atoms with E-state index in [1.807, 2.05) is 11.3 Å². The van der Waals surface area contributed by atoms with Crippen molar-refractivity contribution in [2.75, 3.05) is 9.71 Å². The number of fused-ring (bicyclic) bond motifs is 12. The molecular formula is C59H63BN2S. The second kappa shape index (κ2) is 13.4. The number of benzene rings is 6. The summed E-state index contributed by atoms with van der Waals surface area (Å²) in [6.45, 7) is 24.5. The van der Waals surface area contributed by atoms with Crippen molar-refractivity contribution in [3.63, 3.8) is 0 Å². The highest BCUT2D eigenvalue weighted by molar-refractivity contribution is 7.26. The van der Waals surface area contributed by atoms with Gasteiger partial charge < -0.3 is 9.71 Å². The van der Waals surface area contributed by atoms with Crippen LogP contribution in [-0.4, -0.2) is 12.4 Å². The van der Waals surface area contributed by atoms with Crippen LogP contribution in [0.25, 0.3) is 42.4 Å². The molecule has 1 fully saturated rings. The van der Waals surface area contributed by atoms with Gasteiger partial charge in [-0.05, 0) is 180 Å². The van der Waals surface area contributed by atoms with E-state index in [0.717, 1.165) is 6.42 Å². The number of hydrogen-bond donors (Lipinski definition) is 0. The molecule has 2 nitrogen and oxygen atoms in total. The molecule has 2 unspecified atom stereocenters. The standard InChI is InChI=1S/C59H63BN2S/c1-11-12-21-38-29-45-54-46(30-38)60-53-42(31-39(51-36(3)19-17-20-37(51)4)32-49(53)61(54)59(10)26-16-15-25-58(45,59)9)52-48(62(60)47-22-14-13-18-35(47)2)24-23-40-41-33-43-44(34-50(41)63-55(40)52)57(7,8)28-27-56(43,5)6/h13-14,17-20,22-24,29-34H,11-12,15-16,21,25-28H2,1-10H3. The van der Waals surface area contributed by atoms with Crippen LogP contribution in [0, 0.1) is 20.8 Å². The Morgan fingerprint density at radius 2 is 1.35 bits per heavy atom. The lowest BCUT2D eigenvalue weighted by molar-refractivity contribution is 0.195. The van der Waals surface area contributed by atoms with Crippen molar-refractivity contribution in [3.05, 3.63) is 130 Å². The second-order valence-electron chi connectivity index (χ2n) is 22.2. The number of aryl methyl sites for hydroxylation is 4. The third-order valence-electron chi connectivity index (χ3n) is 17.6. The largest absolute Gasteiger partial charge is 0.376 e. The first-order valence-electron chi connectivity index (χ1n) is 24.3. The van der Waals surface area contributed by atoms with Crippen LogP contribution in [0.5, 0.6) is 0 Å². The Bertz CT molecular complexity index is 3090. The molecule has 2 aliphatic carbocycles. The van der Waals surface area contributed by atoms with Gasteiger partial charge in [-0.2, -0.15) is 0 Å². The molecule has 0 bridgehead atoms. The van der Waals surface area contributed by atoms with Gasteiger partial charge in [0, 0.05) is 53.9 Å². The lowest BCUT2D eigenvalue weighted by Gasteiger charge is -2.53. The van der Waals surface area contributed by atoms with Gasteiger partial charge in [0.05, 0.1) is 5.54 Å². The number of thiophene rings is 1. The van der Waals surface area contributed by atoms with Crippen molar-refractivity contribution in [1.29, 1.82) is 0 Å². The molecule has 1 aromatic heterocycles. The summed E-state index contributed by atoms with van der Waals surface area (Å²) in [6.07, 6.45) is 11.0. The van der Waals surface area contributed by atoms with E-state index < -0.39 is 0 Å². The molecule has 3 aliphatic heterocycles. The Labute approximate surface area is 380 Å². The highest BCUT2D eigenvalue weighted by Crippen LogP contribution is 2.63. The summed E-state index contributed by atoms with van der Waals surface area (Å²) in [6, 6.07) is 37.0. The second-order valence-corrected chi connectivity index (χ2v) is 23.3. The summed E-state index contributed by atoms with van der Waals surface area (Å²) in [5, 5.41) is 2.82. The van der Waals surface area contributed by atoms with E-state index in [1.54, 1.807) is 16.7 Å². The Balaban J connectivity index is 1.25. The molecule has 63 heavy (non-hydrogen) atoms. The zero-order valence-electron chi connectivity index (χ0n) is 39.4. The van der Waals surface area contributed by atoms with Crippen LogP contribution in [0.3, 0.4) is 0 Å². The summed E-state index contributed by atoms with van der Waals surface area (Å²) >= 11 is 2.05. The fraction of sp³-hybridized carbons (Fsp3) is 0.390. The average molecular weight is 843 g/mol. The van der Waals surface area contributed by atoms with E-state index in [1.165, 1.54) is 150 Å². The van der Waals surface area contributed by atoms with E-state index in [4.69, 9.17) is 0 Å². The fourth-order valence-corrected chi connectivity index (χ4v) is 15.1. The van der Waals surface area contributed by atoms with Gasteiger partial charge in [0.1, 0.15) is 0 Å². The number of anilines is 4. The van der Waals surface area contributed by atoms with Crippen LogP contribution >= 0.6 is 11.3 Å². The summed E-state index contributed by atoms with van der Waals surface area (Å²) in [5.74, 6) is 0. The predicted molar refractivity (Wildman–Crippen MR) is 275 cm³/mol. The summed E-state index contributed by atoms with van der Waals surface area (Å²) in [4.78, 5) is 5.75. The minimum absolute atomic E-state index is 0.0373. The Morgan fingerprint density at radius 3 is 2.10 bits per heavy atom. The van der Waals surface area contributed by atoms with Crippen LogP contribution in [0.15, 0.2) is 91.0 Å². The Hall–Kier alpha value is -4.80. The lowest BCUT2D eigenvalue weighted by atomic mass is 9.43. The maximum Gasteiger partial charge on any atom is 0.333 e. The van der Waals surface area contributed by atoms with Gasteiger partial charge >= 0.3 is 6.85 Å². The SMILES string of the molecule is CCCCc1cc2c3c(c1)C1(C)CCCCC1(C)N3c1cc(-c3c(C)cccc3C)cc3c1B2N(c1ccccc1C)c1ccc2c(sc4cc5c(cc42)C(C)(C)CCC5(C)C)c1-3. The zero-order chi connectivity index (χ0) is 43.5. The number of unbranched alkanes of at least 4 members (excludes halogenated alkanes) is 1. The molecule has 0 radical (unpaired) electrons. The van der Waals surface area contributed by atoms with Crippen molar-refractivity contribution >= 4 is 72.0 Å². The van der Waals surface area contributed by atoms with Crippen LogP contribution < -0.4 is 20.6 Å². The molecule has 0 amide bonds. The smallest absolute Gasteiger partial charge is 0.333 e. The van der Waals surface area contributed by atoms with Crippen LogP contribution in [0.4, 0.5) is 22.7 Å². The Kier molecular flexibility index (Phi) is 8.45. The average Bonchev–Trinajstić information content (AvgIpc) is 3.73. The van der Waals surface area contributed by atoms with Gasteiger partial charge in [0.15, 0.2) is 0 Å². The molecule has 318 valence electrons. The van der Waals surface area contributed by atoms with Gasteiger partial charge in [-0.3, -0.25) is 0 Å². The molecule has 4 heteroatoms. The number of nitrogens with zero attached hydrogens (tertiary/aromatic N) is 2. The lowest BCUT2D eigenvalue weighted by Crippen LogP contribution is -2.64. The van der Waals surface area contributed by atoms with Crippen molar-refractivity contribution < 1.29 is 0 Å². The minimum Gasteiger partial charge on any atom is -0.376 e. The minimum atomic E-state index is -0.0417. The van der Waals surface area contributed by atoms with Gasteiger partial charge in [-0.15, -0.1) is 11.3 Å². The summed E-state index contributed by atoms with van der Waals surface area (Å²) in [7, 11) is 0. The zero-order valence-corrected chi connectivity index (χ0v) is 40.2. The van der Waals surface area contributed by atoms with Crippen LogP contribution in [0.2, 0.25) is 0 Å².